The van der Waals surface area contributed by atoms with E-state index in [-0.39, 0.29) is 5.92 Å². The first-order valence-corrected chi connectivity index (χ1v) is 13.1. The molecule has 34 heavy (non-hydrogen) atoms. The van der Waals surface area contributed by atoms with Crippen LogP contribution >= 0.6 is 0 Å². The van der Waals surface area contributed by atoms with E-state index in [2.05, 4.69) is 117 Å². The third kappa shape index (κ3) is 6.34. The van der Waals surface area contributed by atoms with Gasteiger partial charge in [0.1, 0.15) is 5.75 Å². The second-order valence-electron chi connectivity index (χ2n) is 8.74. The van der Waals surface area contributed by atoms with Crippen molar-refractivity contribution >= 4 is 11.4 Å². The van der Waals surface area contributed by atoms with Gasteiger partial charge in [0.25, 0.3) is 0 Å². The second-order valence-corrected chi connectivity index (χ2v) is 8.74. The Labute approximate surface area is 207 Å². The van der Waals surface area contributed by atoms with Crippen LogP contribution in [0, 0.1) is 0 Å². The molecule has 0 saturated carbocycles. The fourth-order valence-electron chi connectivity index (χ4n) is 4.63. The van der Waals surface area contributed by atoms with E-state index >= 15 is 0 Å². The summed E-state index contributed by atoms with van der Waals surface area (Å²) in [5.74, 6) is 1.11. The lowest BCUT2D eigenvalue weighted by Gasteiger charge is -2.25. The van der Waals surface area contributed by atoms with Gasteiger partial charge in [-0.05, 0) is 87.2 Å². The van der Waals surface area contributed by atoms with Crippen LogP contribution in [-0.2, 0) is 0 Å². The maximum absolute atomic E-state index is 6.05. The van der Waals surface area contributed by atoms with E-state index < -0.39 is 0 Å². The smallest absolute Gasteiger partial charge is 0.119 e. The molecule has 3 heteroatoms. The summed E-state index contributed by atoms with van der Waals surface area (Å²) in [5.41, 5.74) is 6.43. The van der Waals surface area contributed by atoms with Crippen molar-refractivity contribution in [2.75, 3.05) is 42.6 Å². The maximum Gasteiger partial charge on any atom is 0.119 e. The molecule has 0 unspecified atom stereocenters. The van der Waals surface area contributed by atoms with Crippen LogP contribution < -0.4 is 14.5 Å². The van der Waals surface area contributed by atoms with Gasteiger partial charge in [-0.25, -0.2) is 0 Å². The van der Waals surface area contributed by atoms with Crippen LogP contribution in [-0.4, -0.2) is 32.8 Å². The first-order chi connectivity index (χ1) is 16.6. The lowest BCUT2D eigenvalue weighted by molar-refractivity contribution is 0.309. The maximum atomic E-state index is 6.05. The molecule has 0 aromatic heterocycles. The number of benzene rings is 3. The summed E-state index contributed by atoms with van der Waals surface area (Å²) in [6, 6.07) is 26.9. The van der Waals surface area contributed by atoms with Crippen LogP contribution in [0.15, 0.2) is 72.8 Å². The SMILES string of the molecule is CCCCOc1cccc(C(c2ccc(N(CC)CC)cc2)c2ccc(N(CC)CC)cc2)c1. The zero-order valence-electron chi connectivity index (χ0n) is 21.8. The summed E-state index contributed by atoms with van der Waals surface area (Å²) in [6.45, 7) is 15.9. The summed E-state index contributed by atoms with van der Waals surface area (Å²) in [6.07, 6.45) is 2.22. The molecule has 182 valence electrons. The highest BCUT2D eigenvalue weighted by Crippen LogP contribution is 2.35. The van der Waals surface area contributed by atoms with Crippen LogP contribution in [0.1, 0.15) is 70.1 Å². The molecule has 0 radical (unpaired) electrons. The molecule has 3 rings (SSSR count). The highest BCUT2D eigenvalue weighted by atomic mass is 16.5. The molecule has 0 saturated heterocycles. The van der Waals surface area contributed by atoms with E-state index in [0.717, 1.165) is 51.4 Å². The van der Waals surface area contributed by atoms with Crippen molar-refractivity contribution in [3.05, 3.63) is 89.5 Å². The predicted octanol–water partition coefficient (Wildman–Crippen LogP) is 7.74. The Morgan fingerprint density at radius 1 is 0.618 bits per heavy atom. The summed E-state index contributed by atoms with van der Waals surface area (Å²) in [5, 5.41) is 0. The molecule has 0 spiro atoms. The van der Waals surface area contributed by atoms with Crippen LogP contribution in [0.2, 0.25) is 0 Å². The summed E-state index contributed by atoms with van der Waals surface area (Å²) >= 11 is 0. The van der Waals surface area contributed by atoms with Crippen molar-refractivity contribution in [3.8, 4) is 5.75 Å². The van der Waals surface area contributed by atoms with Crippen LogP contribution in [0.5, 0.6) is 5.75 Å². The van der Waals surface area contributed by atoms with Crippen molar-refractivity contribution < 1.29 is 4.74 Å². The van der Waals surface area contributed by atoms with Gasteiger partial charge in [0.05, 0.1) is 6.61 Å². The zero-order chi connectivity index (χ0) is 24.3. The number of rotatable bonds is 13. The zero-order valence-corrected chi connectivity index (χ0v) is 21.8. The second kappa shape index (κ2) is 13.1. The monoisotopic (exact) mass is 458 g/mol. The van der Waals surface area contributed by atoms with Gasteiger partial charge < -0.3 is 14.5 Å². The Balaban J connectivity index is 1.99. The molecular weight excluding hydrogens is 416 g/mol. The summed E-state index contributed by atoms with van der Waals surface area (Å²) < 4.78 is 6.05. The number of unbranched alkanes of at least 4 members (excludes halogenated alkanes) is 1. The number of nitrogens with zero attached hydrogens (tertiary/aromatic N) is 2. The topological polar surface area (TPSA) is 15.7 Å². The van der Waals surface area contributed by atoms with Gasteiger partial charge in [-0.3, -0.25) is 0 Å². The highest BCUT2D eigenvalue weighted by Gasteiger charge is 2.18. The average molecular weight is 459 g/mol. The molecule has 0 aliphatic rings. The van der Waals surface area contributed by atoms with Crippen molar-refractivity contribution in [3.63, 3.8) is 0 Å². The third-order valence-electron chi connectivity index (χ3n) is 6.67. The Morgan fingerprint density at radius 3 is 1.56 bits per heavy atom. The minimum absolute atomic E-state index is 0.159. The molecule has 0 aliphatic heterocycles. The third-order valence-corrected chi connectivity index (χ3v) is 6.67. The molecule has 0 heterocycles. The van der Waals surface area contributed by atoms with Gasteiger partial charge in [0.2, 0.25) is 0 Å². The standard InChI is InChI=1S/C31H42N2O/c1-6-11-23-34-30-14-12-13-27(24-30)31(25-15-19-28(20-16-25)32(7-2)8-3)26-17-21-29(22-18-26)33(9-4)10-5/h12-22,24,31H,6-11,23H2,1-5H3. The lowest BCUT2D eigenvalue weighted by Crippen LogP contribution is -2.21. The molecule has 3 aromatic rings. The quantitative estimate of drug-likeness (QED) is 0.192. The minimum atomic E-state index is 0.159. The molecule has 0 aliphatic carbocycles. The van der Waals surface area contributed by atoms with E-state index in [4.69, 9.17) is 4.74 Å². The number of hydrogen-bond donors (Lipinski definition) is 0. The van der Waals surface area contributed by atoms with Gasteiger partial charge in [0, 0.05) is 43.5 Å². The first-order valence-electron chi connectivity index (χ1n) is 13.1. The Hall–Kier alpha value is -2.94. The number of anilines is 2. The molecule has 0 amide bonds. The van der Waals surface area contributed by atoms with E-state index in [1.54, 1.807) is 0 Å². The Bertz CT molecular complexity index is 918. The van der Waals surface area contributed by atoms with Crippen LogP contribution in [0.25, 0.3) is 0 Å². The van der Waals surface area contributed by atoms with Gasteiger partial charge in [-0.2, -0.15) is 0 Å². The molecule has 0 N–H and O–H groups in total. The van der Waals surface area contributed by atoms with Crippen LogP contribution in [0.3, 0.4) is 0 Å². The molecule has 3 nitrogen and oxygen atoms in total. The normalized spacial score (nSPS) is 11.0. The van der Waals surface area contributed by atoms with Gasteiger partial charge in [-0.15, -0.1) is 0 Å². The van der Waals surface area contributed by atoms with E-state index in [1.165, 1.54) is 28.1 Å². The largest absolute Gasteiger partial charge is 0.494 e. The molecule has 0 fully saturated rings. The van der Waals surface area contributed by atoms with Crippen molar-refractivity contribution in [2.24, 2.45) is 0 Å². The molecular formula is C31H42N2O. The van der Waals surface area contributed by atoms with Gasteiger partial charge in [0.15, 0.2) is 0 Å². The molecule has 0 atom stereocenters. The van der Waals surface area contributed by atoms with Crippen LogP contribution in [0.4, 0.5) is 11.4 Å². The summed E-state index contributed by atoms with van der Waals surface area (Å²) in [7, 11) is 0. The fraction of sp³-hybridized carbons (Fsp3) is 0.419. The fourth-order valence-corrected chi connectivity index (χ4v) is 4.63. The van der Waals surface area contributed by atoms with E-state index in [1.807, 2.05) is 0 Å². The van der Waals surface area contributed by atoms with Gasteiger partial charge in [-0.1, -0.05) is 49.7 Å². The number of ether oxygens (including phenoxy) is 1. The lowest BCUT2D eigenvalue weighted by atomic mass is 9.85. The molecule has 0 bridgehead atoms. The Morgan fingerprint density at radius 2 is 1.12 bits per heavy atom. The number of hydrogen-bond acceptors (Lipinski definition) is 3. The minimum Gasteiger partial charge on any atom is -0.494 e. The van der Waals surface area contributed by atoms with Crippen molar-refractivity contribution in [1.82, 2.24) is 0 Å². The molecule has 3 aromatic carbocycles. The van der Waals surface area contributed by atoms with E-state index in [9.17, 15) is 0 Å². The van der Waals surface area contributed by atoms with Crippen molar-refractivity contribution in [2.45, 2.75) is 53.4 Å². The average Bonchev–Trinajstić information content (AvgIpc) is 2.88. The predicted molar refractivity (Wildman–Crippen MR) is 148 cm³/mol. The van der Waals surface area contributed by atoms with Crippen molar-refractivity contribution in [1.29, 1.82) is 0 Å². The van der Waals surface area contributed by atoms with E-state index in [0.29, 0.717) is 0 Å². The first kappa shape index (κ1) is 25.7. The highest BCUT2D eigenvalue weighted by molar-refractivity contribution is 5.54. The summed E-state index contributed by atoms with van der Waals surface area (Å²) in [4.78, 5) is 4.78. The Kier molecular flexibility index (Phi) is 9.88. The van der Waals surface area contributed by atoms with Gasteiger partial charge >= 0.3 is 0 Å².